The van der Waals surface area contributed by atoms with E-state index in [9.17, 15) is 18.0 Å². The number of amides is 1. The third-order valence-corrected chi connectivity index (χ3v) is 4.78. The third-order valence-electron chi connectivity index (χ3n) is 3.98. The van der Waals surface area contributed by atoms with Crippen molar-refractivity contribution < 1.29 is 22.4 Å². The molecule has 0 aliphatic carbocycles. The Bertz CT molecular complexity index is 1200. The van der Waals surface area contributed by atoms with Crippen molar-refractivity contribution in [1.82, 2.24) is 15.4 Å². The molecule has 2 aromatic heterocycles. The summed E-state index contributed by atoms with van der Waals surface area (Å²) >= 11 is 1.29. The number of carbonyl (C=O) groups excluding carboxylic acids is 1. The molecule has 0 unspecified atom stereocenters. The SMILES string of the molecule is O=C(N/N=C\c1ccc(Sc2nc3ccccc3[nH]2)o1)c1cccc(C(F)(F)F)c1. The number of imidazole rings is 1. The summed E-state index contributed by atoms with van der Waals surface area (Å²) in [6, 6.07) is 15.1. The number of hydrazone groups is 1. The number of para-hydroxylation sites is 2. The van der Waals surface area contributed by atoms with Gasteiger partial charge >= 0.3 is 6.18 Å². The average Bonchev–Trinajstić information content (AvgIpc) is 3.33. The highest BCUT2D eigenvalue weighted by atomic mass is 32.2. The first kappa shape index (κ1) is 19.8. The molecule has 30 heavy (non-hydrogen) atoms. The van der Waals surface area contributed by atoms with E-state index < -0.39 is 17.6 Å². The second kappa shape index (κ2) is 8.07. The number of nitrogens with zero attached hydrogens (tertiary/aromatic N) is 2. The van der Waals surface area contributed by atoms with Gasteiger partial charge in [-0.2, -0.15) is 18.3 Å². The molecule has 10 heteroatoms. The Labute approximate surface area is 172 Å². The van der Waals surface area contributed by atoms with Crippen LogP contribution in [0.3, 0.4) is 0 Å². The van der Waals surface area contributed by atoms with Crippen molar-refractivity contribution in [3.8, 4) is 0 Å². The maximum absolute atomic E-state index is 12.7. The van der Waals surface area contributed by atoms with E-state index in [1.807, 2.05) is 24.3 Å². The molecule has 0 bridgehead atoms. The minimum absolute atomic E-state index is 0.150. The summed E-state index contributed by atoms with van der Waals surface area (Å²) in [7, 11) is 0. The normalized spacial score (nSPS) is 12.0. The standard InChI is InChI=1S/C20H13F3N4O2S/c21-20(22,23)13-5-3-4-12(10-13)18(28)27-24-11-14-8-9-17(29-14)30-19-25-15-6-1-2-7-16(15)26-19/h1-11H,(H,25,26)(H,27,28)/b24-11-. The number of aromatic nitrogens is 2. The van der Waals surface area contributed by atoms with E-state index in [1.54, 1.807) is 12.1 Å². The van der Waals surface area contributed by atoms with Gasteiger partial charge in [-0.3, -0.25) is 4.79 Å². The predicted molar refractivity (Wildman–Crippen MR) is 105 cm³/mol. The molecule has 0 saturated carbocycles. The van der Waals surface area contributed by atoms with Crippen LogP contribution in [0.25, 0.3) is 11.0 Å². The smallest absolute Gasteiger partial charge is 0.416 e. The van der Waals surface area contributed by atoms with E-state index in [-0.39, 0.29) is 5.56 Å². The summed E-state index contributed by atoms with van der Waals surface area (Å²) in [5.74, 6) is -0.404. The number of benzene rings is 2. The molecule has 6 nitrogen and oxygen atoms in total. The largest absolute Gasteiger partial charge is 0.448 e. The predicted octanol–water partition coefficient (Wildman–Crippen LogP) is 5.09. The summed E-state index contributed by atoms with van der Waals surface area (Å²) in [5, 5.41) is 4.95. The van der Waals surface area contributed by atoms with Crippen molar-refractivity contribution in [1.29, 1.82) is 0 Å². The van der Waals surface area contributed by atoms with Crippen LogP contribution >= 0.6 is 11.8 Å². The molecular formula is C20H13F3N4O2S. The lowest BCUT2D eigenvalue weighted by atomic mass is 10.1. The van der Waals surface area contributed by atoms with E-state index in [1.165, 1.54) is 24.0 Å². The van der Waals surface area contributed by atoms with Gasteiger partial charge in [-0.15, -0.1) is 0 Å². The van der Waals surface area contributed by atoms with Gasteiger partial charge in [0.15, 0.2) is 10.2 Å². The van der Waals surface area contributed by atoms with Gasteiger partial charge in [-0.05, 0) is 54.2 Å². The fourth-order valence-corrected chi connectivity index (χ4v) is 3.36. The van der Waals surface area contributed by atoms with Gasteiger partial charge in [0.25, 0.3) is 5.91 Å². The third kappa shape index (κ3) is 4.54. The molecule has 152 valence electrons. The summed E-state index contributed by atoms with van der Waals surface area (Å²) in [6.45, 7) is 0. The summed E-state index contributed by atoms with van der Waals surface area (Å²) < 4.78 is 43.8. The van der Waals surface area contributed by atoms with E-state index in [2.05, 4.69) is 20.5 Å². The lowest BCUT2D eigenvalue weighted by molar-refractivity contribution is -0.137. The fraction of sp³-hybridized carbons (Fsp3) is 0.0500. The summed E-state index contributed by atoms with van der Waals surface area (Å²) in [4.78, 5) is 19.6. The van der Waals surface area contributed by atoms with Crippen LogP contribution in [0.5, 0.6) is 0 Å². The Balaban J connectivity index is 1.38. The summed E-state index contributed by atoms with van der Waals surface area (Å²) in [6.07, 6.45) is -3.27. The highest BCUT2D eigenvalue weighted by molar-refractivity contribution is 7.99. The second-order valence-electron chi connectivity index (χ2n) is 6.10. The Morgan fingerprint density at radius 1 is 1.13 bits per heavy atom. The molecular weight excluding hydrogens is 417 g/mol. The number of nitrogens with one attached hydrogen (secondary N) is 2. The van der Waals surface area contributed by atoms with Crippen LogP contribution in [0, 0.1) is 0 Å². The molecule has 2 heterocycles. The van der Waals surface area contributed by atoms with Crippen LogP contribution < -0.4 is 5.43 Å². The first-order valence-electron chi connectivity index (χ1n) is 8.61. The number of hydrogen-bond acceptors (Lipinski definition) is 5. The van der Waals surface area contributed by atoms with Crippen molar-refractivity contribution >= 4 is 34.9 Å². The minimum atomic E-state index is -4.53. The lowest BCUT2D eigenvalue weighted by Crippen LogP contribution is -2.18. The second-order valence-corrected chi connectivity index (χ2v) is 7.09. The van der Waals surface area contributed by atoms with Crippen LogP contribution in [-0.4, -0.2) is 22.1 Å². The molecule has 4 rings (SSSR count). The molecule has 0 radical (unpaired) electrons. The first-order valence-corrected chi connectivity index (χ1v) is 9.43. The van der Waals surface area contributed by atoms with Gasteiger partial charge in [0.1, 0.15) is 5.76 Å². The number of carbonyl (C=O) groups is 1. The average molecular weight is 430 g/mol. The number of alkyl halides is 3. The number of rotatable bonds is 5. The monoisotopic (exact) mass is 430 g/mol. The van der Waals surface area contributed by atoms with Crippen LogP contribution in [0.2, 0.25) is 0 Å². The van der Waals surface area contributed by atoms with Crippen LogP contribution in [0.1, 0.15) is 21.7 Å². The van der Waals surface area contributed by atoms with Gasteiger partial charge in [0.05, 0.1) is 22.8 Å². The number of furan rings is 1. The Hall–Kier alpha value is -3.53. The van der Waals surface area contributed by atoms with Crippen molar-refractivity contribution in [2.75, 3.05) is 0 Å². The number of hydrogen-bond donors (Lipinski definition) is 2. The molecule has 1 amide bonds. The summed E-state index contributed by atoms with van der Waals surface area (Å²) in [5.41, 5.74) is 2.87. The number of aromatic amines is 1. The highest BCUT2D eigenvalue weighted by Crippen LogP contribution is 2.30. The Kier molecular flexibility index (Phi) is 5.32. The quantitative estimate of drug-likeness (QED) is 0.341. The molecule has 0 atom stereocenters. The Morgan fingerprint density at radius 2 is 1.97 bits per heavy atom. The van der Waals surface area contributed by atoms with E-state index >= 15 is 0 Å². The fourth-order valence-electron chi connectivity index (χ4n) is 2.59. The van der Waals surface area contributed by atoms with Gasteiger partial charge in [-0.1, -0.05) is 18.2 Å². The van der Waals surface area contributed by atoms with Crippen molar-refractivity contribution in [2.24, 2.45) is 5.10 Å². The van der Waals surface area contributed by atoms with Crippen LogP contribution in [-0.2, 0) is 6.18 Å². The molecule has 0 fully saturated rings. The molecule has 2 aromatic carbocycles. The van der Waals surface area contributed by atoms with Crippen molar-refractivity contribution in [2.45, 2.75) is 16.4 Å². The molecule has 0 aliphatic rings. The zero-order valence-electron chi connectivity index (χ0n) is 15.1. The van der Waals surface area contributed by atoms with E-state index in [4.69, 9.17) is 4.42 Å². The molecule has 0 saturated heterocycles. The van der Waals surface area contributed by atoms with Gasteiger partial charge in [0, 0.05) is 5.56 Å². The van der Waals surface area contributed by atoms with Gasteiger partial charge in [-0.25, -0.2) is 10.4 Å². The van der Waals surface area contributed by atoms with Crippen LogP contribution in [0.15, 0.2) is 80.4 Å². The molecule has 0 spiro atoms. The van der Waals surface area contributed by atoms with Crippen molar-refractivity contribution in [3.63, 3.8) is 0 Å². The van der Waals surface area contributed by atoms with E-state index in [0.29, 0.717) is 16.0 Å². The minimum Gasteiger partial charge on any atom is -0.448 e. The maximum atomic E-state index is 12.7. The topological polar surface area (TPSA) is 83.3 Å². The molecule has 4 aromatic rings. The number of fused-ring (bicyclic) bond motifs is 1. The first-order chi connectivity index (χ1) is 14.4. The lowest BCUT2D eigenvalue weighted by Gasteiger charge is -2.07. The zero-order chi connectivity index (χ0) is 21.1. The Morgan fingerprint density at radius 3 is 2.77 bits per heavy atom. The van der Waals surface area contributed by atoms with Crippen LogP contribution in [0.4, 0.5) is 13.2 Å². The van der Waals surface area contributed by atoms with Crippen molar-refractivity contribution in [3.05, 3.63) is 77.6 Å². The number of halogens is 3. The maximum Gasteiger partial charge on any atom is 0.416 e. The number of H-pyrrole nitrogens is 1. The molecule has 2 N–H and O–H groups in total. The van der Waals surface area contributed by atoms with Gasteiger partial charge < -0.3 is 9.40 Å². The highest BCUT2D eigenvalue weighted by Gasteiger charge is 2.30. The van der Waals surface area contributed by atoms with E-state index in [0.717, 1.165) is 29.2 Å². The zero-order valence-corrected chi connectivity index (χ0v) is 15.9. The van der Waals surface area contributed by atoms with Gasteiger partial charge in [0.2, 0.25) is 0 Å². The molecule has 0 aliphatic heterocycles.